The maximum atomic E-state index is 12.1. The number of hydrogen-bond donors (Lipinski definition) is 1. The molecule has 0 radical (unpaired) electrons. The molecule has 1 fully saturated rings. The fourth-order valence-corrected chi connectivity index (χ4v) is 2.33. The second-order valence-electron chi connectivity index (χ2n) is 5.45. The van der Waals surface area contributed by atoms with Crippen LogP contribution in [0.1, 0.15) is 11.9 Å². The minimum Gasteiger partial charge on any atom is -0.468 e. The van der Waals surface area contributed by atoms with Crippen LogP contribution in [0.25, 0.3) is 11.5 Å². The lowest BCUT2D eigenvalue weighted by Crippen LogP contribution is -2.44. The molecule has 1 N–H and O–H groups in total. The zero-order chi connectivity index (χ0) is 17.2. The Morgan fingerprint density at radius 3 is 2.84 bits per heavy atom. The second-order valence-corrected chi connectivity index (χ2v) is 5.45. The highest BCUT2D eigenvalue weighted by molar-refractivity contribution is 5.85. The van der Waals surface area contributed by atoms with Crippen molar-refractivity contribution in [2.45, 2.75) is 12.2 Å². The van der Waals surface area contributed by atoms with Gasteiger partial charge in [0.1, 0.15) is 0 Å². The Balaban J connectivity index is 0.00000225. The van der Waals surface area contributed by atoms with Crippen LogP contribution in [0.2, 0.25) is 0 Å². The van der Waals surface area contributed by atoms with Crippen molar-refractivity contribution in [3.8, 4) is 17.3 Å². The molecule has 0 bridgehead atoms. The number of piperazine rings is 1. The monoisotopic (exact) mass is 379 g/mol. The number of pyridine rings is 1. The SMILES string of the molecule is CN1CCNCC1c1noc(-c2ccc(OCC(F)(F)F)nc2)n1.Cl. The van der Waals surface area contributed by atoms with Gasteiger partial charge >= 0.3 is 6.18 Å². The molecule has 25 heavy (non-hydrogen) atoms. The maximum absolute atomic E-state index is 12.1. The lowest BCUT2D eigenvalue weighted by molar-refractivity contribution is -0.154. The van der Waals surface area contributed by atoms with Crippen LogP contribution in [0.3, 0.4) is 0 Å². The Morgan fingerprint density at radius 2 is 2.20 bits per heavy atom. The minimum atomic E-state index is -4.40. The summed E-state index contributed by atoms with van der Waals surface area (Å²) in [5.41, 5.74) is 0.513. The van der Waals surface area contributed by atoms with Crippen LogP contribution >= 0.6 is 12.4 Å². The lowest BCUT2D eigenvalue weighted by Gasteiger charge is -2.30. The van der Waals surface area contributed by atoms with Crippen LogP contribution in [0.4, 0.5) is 13.2 Å². The van der Waals surface area contributed by atoms with Gasteiger partial charge in [-0.2, -0.15) is 18.2 Å². The molecule has 2 aromatic heterocycles. The van der Waals surface area contributed by atoms with E-state index in [2.05, 4.69) is 30.1 Å². The van der Waals surface area contributed by atoms with Gasteiger partial charge in [-0.05, 0) is 13.1 Å². The van der Waals surface area contributed by atoms with Crippen LogP contribution in [-0.2, 0) is 0 Å². The predicted octanol–water partition coefficient (Wildman–Crippen LogP) is 2.07. The van der Waals surface area contributed by atoms with E-state index in [1.807, 2.05) is 7.05 Å². The first-order chi connectivity index (χ1) is 11.4. The van der Waals surface area contributed by atoms with E-state index in [0.717, 1.165) is 19.6 Å². The zero-order valence-electron chi connectivity index (χ0n) is 13.3. The largest absolute Gasteiger partial charge is 0.468 e. The highest BCUT2D eigenvalue weighted by Gasteiger charge is 2.29. The summed E-state index contributed by atoms with van der Waals surface area (Å²) in [6, 6.07) is 2.87. The third-order valence-electron chi connectivity index (χ3n) is 3.62. The van der Waals surface area contributed by atoms with Crippen molar-refractivity contribution in [3.05, 3.63) is 24.2 Å². The van der Waals surface area contributed by atoms with Gasteiger partial charge in [0.15, 0.2) is 12.4 Å². The summed E-state index contributed by atoms with van der Waals surface area (Å²) in [4.78, 5) is 10.3. The van der Waals surface area contributed by atoms with Crippen LogP contribution in [0.5, 0.6) is 5.88 Å². The topological polar surface area (TPSA) is 76.3 Å². The van der Waals surface area contributed by atoms with E-state index in [4.69, 9.17) is 4.52 Å². The van der Waals surface area contributed by atoms with Gasteiger partial charge in [-0.25, -0.2) is 4.98 Å². The average Bonchev–Trinajstić information content (AvgIpc) is 3.03. The number of hydrogen-bond acceptors (Lipinski definition) is 7. The molecule has 7 nitrogen and oxygen atoms in total. The van der Waals surface area contributed by atoms with Gasteiger partial charge in [0, 0.05) is 31.9 Å². The first-order valence-corrected chi connectivity index (χ1v) is 7.33. The van der Waals surface area contributed by atoms with Crippen molar-refractivity contribution in [2.75, 3.05) is 33.3 Å². The molecule has 3 rings (SSSR count). The van der Waals surface area contributed by atoms with Crippen LogP contribution < -0.4 is 10.1 Å². The summed E-state index contributed by atoms with van der Waals surface area (Å²) < 4.78 is 46.1. The fourth-order valence-electron chi connectivity index (χ4n) is 2.33. The zero-order valence-corrected chi connectivity index (χ0v) is 14.1. The number of nitrogens with zero attached hydrogens (tertiary/aromatic N) is 4. The summed E-state index contributed by atoms with van der Waals surface area (Å²) >= 11 is 0. The van der Waals surface area contributed by atoms with Gasteiger partial charge in [-0.15, -0.1) is 12.4 Å². The molecule has 1 saturated heterocycles. The molecule has 0 aromatic carbocycles. The summed E-state index contributed by atoms with van der Waals surface area (Å²) in [7, 11) is 1.98. The van der Waals surface area contributed by atoms with E-state index < -0.39 is 12.8 Å². The number of halogens is 4. The lowest BCUT2D eigenvalue weighted by atomic mass is 10.2. The minimum absolute atomic E-state index is 0. The van der Waals surface area contributed by atoms with Gasteiger partial charge in [-0.3, -0.25) is 4.90 Å². The molecule has 0 spiro atoms. The third-order valence-corrected chi connectivity index (χ3v) is 3.62. The van der Waals surface area contributed by atoms with Crippen LogP contribution in [0.15, 0.2) is 22.9 Å². The van der Waals surface area contributed by atoms with E-state index in [9.17, 15) is 13.2 Å². The van der Waals surface area contributed by atoms with Crippen molar-refractivity contribution >= 4 is 12.4 Å². The highest BCUT2D eigenvalue weighted by atomic mass is 35.5. The van der Waals surface area contributed by atoms with Gasteiger partial charge in [-0.1, -0.05) is 5.16 Å². The fraction of sp³-hybridized carbons (Fsp3) is 0.500. The molecule has 1 aliphatic rings. The molecular weight excluding hydrogens is 363 g/mol. The Labute approximate surface area is 148 Å². The molecule has 1 unspecified atom stereocenters. The van der Waals surface area contributed by atoms with Gasteiger partial charge in [0.2, 0.25) is 5.88 Å². The maximum Gasteiger partial charge on any atom is 0.422 e. The molecule has 138 valence electrons. The van der Waals surface area contributed by atoms with E-state index in [-0.39, 0.29) is 30.2 Å². The Bertz CT molecular complexity index is 680. The highest BCUT2D eigenvalue weighted by Crippen LogP contribution is 2.24. The average molecular weight is 380 g/mol. The Morgan fingerprint density at radius 1 is 1.40 bits per heavy atom. The first kappa shape index (κ1) is 19.4. The van der Waals surface area contributed by atoms with Gasteiger partial charge in [0.25, 0.3) is 5.89 Å². The summed E-state index contributed by atoms with van der Waals surface area (Å²) in [6.45, 7) is 1.12. The molecule has 3 heterocycles. The molecular formula is C14H17ClF3N5O2. The Kier molecular flexibility index (Phi) is 6.20. The number of nitrogens with one attached hydrogen (secondary N) is 1. The molecule has 2 aromatic rings. The predicted molar refractivity (Wildman–Crippen MR) is 84.6 cm³/mol. The van der Waals surface area contributed by atoms with E-state index in [0.29, 0.717) is 11.4 Å². The normalized spacial score (nSPS) is 18.6. The van der Waals surface area contributed by atoms with Gasteiger partial charge < -0.3 is 14.6 Å². The van der Waals surface area contributed by atoms with Crippen molar-refractivity contribution in [1.29, 1.82) is 0 Å². The number of rotatable bonds is 4. The summed E-state index contributed by atoms with van der Waals surface area (Å²) in [5.74, 6) is 0.697. The molecule has 0 saturated carbocycles. The third kappa shape index (κ3) is 5.03. The van der Waals surface area contributed by atoms with Crippen molar-refractivity contribution in [3.63, 3.8) is 0 Å². The van der Waals surface area contributed by atoms with Crippen molar-refractivity contribution in [1.82, 2.24) is 25.3 Å². The Hall–Kier alpha value is -1.91. The van der Waals surface area contributed by atoms with Crippen molar-refractivity contribution in [2.24, 2.45) is 0 Å². The standard InChI is InChI=1S/C14H16F3N5O2.ClH/c1-22-5-4-18-7-10(22)12-20-13(24-21-12)9-2-3-11(19-6-9)23-8-14(15,16)17;/h2-3,6,10,18H,4-5,7-8H2,1H3;1H. The molecule has 1 atom stereocenters. The van der Waals surface area contributed by atoms with E-state index in [1.54, 1.807) is 0 Å². The van der Waals surface area contributed by atoms with Crippen LogP contribution in [-0.4, -0.2) is 59.5 Å². The number of alkyl halides is 3. The van der Waals surface area contributed by atoms with Gasteiger partial charge in [0.05, 0.1) is 11.6 Å². The molecule has 0 aliphatic carbocycles. The number of aromatic nitrogens is 3. The van der Waals surface area contributed by atoms with E-state index in [1.165, 1.54) is 18.3 Å². The summed E-state index contributed by atoms with van der Waals surface area (Å²) in [6.07, 6.45) is -3.06. The second kappa shape index (κ2) is 7.98. The number of likely N-dealkylation sites (N-methyl/N-ethyl adjacent to an activating group) is 1. The van der Waals surface area contributed by atoms with Crippen molar-refractivity contribution < 1.29 is 22.4 Å². The van der Waals surface area contributed by atoms with Crippen LogP contribution in [0, 0.1) is 0 Å². The number of ether oxygens (including phenoxy) is 1. The summed E-state index contributed by atoms with van der Waals surface area (Å²) in [5, 5.41) is 7.24. The first-order valence-electron chi connectivity index (χ1n) is 7.33. The molecule has 0 amide bonds. The molecule has 11 heteroatoms. The smallest absolute Gasteiger partial charge is 0.422 e. The molecule has 1 aliphatic heterocycles. The van der Waals surface area contributed by atoms with E-state index >= 15 is 0 Å². The quantitative estimate of drug-likeness (QED) is 0.871.